The molecule has 0 atom stereocenters. The van der Waals surface area contributed by atoms with E-state index < -0.39 is 5.97 Å². The van der Waals surface area contributed by atoms with E-state index in [1.807, 2.05) is 24.3 Å². The second-order valence-corrected chi connectivity index (χ2v) is 5.05. The summed E-state index contributed by atoms with van der Waals surface area (Å²) in [5.41, 5.74) is 1.50. The Kier molecular flexibility index (Phi) is 5.79. The lowest BCUT2D eigenvalue weighted by Crippen LogP contribution is -2.03. The molecule has 0 aliphatic carbocycles. The molecule has 0 saturated heterocycles. The quantitative estimate of drug-likeness (QED) is 0.473. The molecule has 0 amide bonds. The van der Waals surface area contributed by atoms with Gasteiger partial charge in [-0.3, -0.25) is 0 Å². The van der Waals surface area contributed by atoms with Crippen LogP contribution in [0.4, 0.5) is 0 Å². The van der Waals surface area contributed by atoms with Gasteiger partial charge >= 0.3 is 5.97 Å². The van der Waals surface area contributed by atoms with Crippen LogP contribution < -0.4 is 4.74 Å². The van der Waals surface area contributed by atoms with Crippen molar-refractivity contribution in [3.8, 4) is 11.8 Å². The number of ether oxygens (including phenoxy) is 2. The predicted octanol–water partition coefficient (Wildman–Crippen LogP) is 4.00. The Morgan fingerprint density at radius 2 is 1.91 bits per heavy atom. The molecule has 0 radical (unpaired) electrons. The first kappa shape index (κ1) is 16.6. The molecule has 2 rings (SSSR count). The van der Waals surface area contributed by atoms with E-state index in [1.165, 1.54) is 13.2 Å². The maximum atomic E-state index is 11.5. The minimum atomic E-state index is -0.681. The van der Waals surface area contributed by atoms with Crippen molar-refractivity contribution < 1.29 is 14.3 Å². The van der Waals surface area contributed by atoms with Gasteiger partial charge in [0.15, 0.2) is 0 Å². The van der Waals surface area contributed by atoms with Crippen molar-refractivity contribution in [3.05, 3.63) is 70.3 Å². The Hall–Kier alpha value is -2.77. The first-order valence-corrected chi connectivity index (χ1v) is 7.18. The maximum absolute atomic E-state index is 11.5. The summed E-state index contributed by atoms with van der Waals surface area (Å²) in [7, 11) is 1.23. The van der Waals surface area contributed by atoms with E-state index in [0.29, 0.717) is 22.9 Å². The van der Waals surface area contributed by atoms with Crippen molar-refractivity contribution in [1.82, 2.24) is 0 Å². The molecule has 0 aliphatic heterocycles. The van der Waals surface area contributed by atoms with Crippen LogP contribution in [-0.4, -0.2) is 13.1 Å². The molecule has 23 heavy (non-hydrogen) atoms. The molecular weight excluding hydrogens is 314 g/mol. The fraction of sp³-hybridized carbons (Fsp3) is 0.111. The molecule has 0 saturated carbocycles. The van der Waals surface area contributed by atoms with Crippen LogP contribution in [0, 0.1) is 11.3 Å². The number of nitriles is 1. The van der Waals surface area contributed by atoms with Crippen molar-refractivity contribution in [1.29, 1.82) is 5.26 Å². The van der Waals surface area contributed by atoms with Crippen molar-refractivity contribution in [3.63, 3.8) is 0 Å². The van der Waals surface area contributed by atoms with Gasteiger partial charge in [-0.25, -0.2) is 4.79 Å². The van der Waals surface area contributed by atoms with Gasteiger partial charge in [0.05, 0.1) is 7.11 Å². The highest BCUT2D eigenvalue weighted by atomic mass is 35.5. The summed E-state index contributed by atoms with van der Waals surface area (Å²) in [6, 6.07) is 16.3. The smallest absolute Gasteiger partial charge is 0.348 e. The number of carbonyl (C=O) groups excluding carboxylic acids is 1. The average molecular weight is 328 g/mol. The van der Waals surface area contributed by atoms with E-state index >= 15 is 0 Å². The van der Waals surface area contributed by atoms with Crippen LogP contribution in [0.25, 0.3) is 6.08 Å². The summed E-state index contributed by atoms with van der Waals surface area (Å²) in [6.07, 6.45) is 1.45. The Morgan fingerprint density at radius 3 is 2.57 bits per heavy atom. The molecule has 0 N–H and O–H groups in total. The van der Waals surface area contributed by atoms with Gasteiger partial charge < -0.3 is 9.47 Å². The van der Waals surface area contributed by atoms with Gasteiger partial charge in [0.2, 0.25) is 0 Å². The molecule has 5 heteroatoms. The molecule has 116 valence electrons. The topological polar surface area (TPSA) is 59.3 Å². The molecule has 4 nitrogen and oxygen atoms in total. The number of para-hydroxylation sites is 1. The molecule has 0 unspecified atom stereocenters. The van der Waals surface area contributed by atoms with Crippen LogP contribution in [0.5, 0.6) is 5.75 Å². The molecule has 0 fully saturated rings. The molecule has 0 heterocycles. The Labute approximate surface area is 139 Å². The van der Waals surface area contributed by atoms with Gasteiger partial charge in [0.25, 0.3) is 0 Å². The highest BCUT2D eigenvalue weighted by Gasteiger charge is 2.10. The van der Waals surface area contributed by atoms with E-state index in [4.69, 9.17) is 21.6 Å². The highest BCUT2D eigenvalue weighted by molar-refractivity contribution is 6.30. The Balaban J connectivity index is 2.20. The SMILES string of the molecule is COC(=O)/C(C#N)=C\c1ccccc1OCc1ccc(Cl)cc1. The van der Waals surface area contributed by atoms with Gasteiger partial charge in [0, 0.05) is 10.6 Å². The third-order valence-corrected chi connectivity index (χ3v) is 3.30. The number of halogens is 1. The number of carbonyl (C=O) groups is 1. The zero-order valence-corrected chi connectivity index (χ0v) is 13.2. The van der Waals surface area contributed by atoms with Crippen LogP contribution in [0.1, 0.15) is 11.1 Å². The second-order valence-electron chi connectivity index (χ2n) is 4.61. The van der Waals surface area contributed by atoms with Gasteiger partial charge in [-0.2, -0.15) is 5.26 Å². The van der Waals surface area contributed by atoms with Crippen molar-refractivity contribution in [2.75, 3.05) is 7.11 Å². The number of methoxy groups -OCH3 is 1. The van der Waals surface area contributed by atoms with E-state index in [2.05, 4.69) is 4.74 Å². The molecule has 0 aromatic heterocycles. The summed E-state index contributed by atoms with van der Waals surface area (Å²) in [6.45, 7) is 0.349. The Bertz CT molecular complexity index is 761. The zero-order chi connectivity index (χ0) is 16.7. The molecule has 0 spiro atoms. The number of nitrogens with zero attached hydrogens (tertiary/aromatic N) is 1. The van der Waals surface area contributed by atoms with Crippen LogP contribution in [0.2, 0.25) is 5.02 Å². The molecule has 0 aliphatic rings. The zero-order valence-electron chi connectivity index (χ0n) is 12.5. The van der Waals surface area contributed by atoms with Crippen molar-refractivity contribution >= 4 is 23.6 Å². The summed E-state index contributed by atoms with van der Waals surface area (Å²) >= 11 is 5.85. The van der Waals surface area contributed by atoms with Crippen molar-refractivity contribution in [2.24, 2.45) is 0 Å². The van der Waals surface area contributed by atoms with Crippen LogP contribution in [-0.2, 0) is 16.1 Å². The summed E-state index contributed by atoms with van der Waals surface area (Å²) in [5, 5.41) is 9.70. The standard InChI is InChI=1S/C18H14ClNO3/c1-22-18(21)15(11-20)10-14-4-2-3-5-17(14)23-12-13-6-8-16(19)9-7-13/h2-10H,12H2,1H3/b15-10-. The minimum Gasteiger partial charge on any atom is -0.488 e. The number of hydrogen-bond acceptors (Lipinski definition) is 4. The van der Waals surface area contributed by atoms with E-state index in [-0.39, 0.29) is 5.57 Å². The summed E-state index contributed by atoms with van der Waals surface area (Å²) < 4.78 is 10.3. The van der Waals surface area contributed by atoms with Gasteiger partial charge in [-0.05, 0) is 29.8 Å². The lowest BCUT2D eigenvalue weighted by atomic mass is 10.1. The van der Waals surface area contributed by atoms with E-state index in [9.17, 15) is 4.79 Å². The van der Waals surface area contributed by atoms with Gasteiger partial charge in [0.1, 0.15) is 24.0 Å². The largest absolute Gasteiger partial charge is 0.488 e. The number of benzene rings is 2. The van der Waals surface area contributed by atoms with Gasteiger partial charge in [-0.15, -0.1) is 0 Å². The average Bonchev–Trinajstić information content (AvgIpc) is 2.59. The van der Waals surface area contributed by atoms with E-state index in [1.54, 1.807) is 30.3 Å². The summed E-state index contributed by atoms with van der Waals surface area (Å²) in [4.78, 5) is 11.5. The predicted molar refractivity (Wildman–Crippen MR) is 87.8 cm³/mol. The number of hydrogen-bond donors (Lipinski definition) is 0. The fourth-order valence-electron chi connectivity index (χ4n) is 1.88. The lowest BCUT2D eigenvalue weighted by Gasteiger charge is -2.09. The normalized spacial score (nSPS) is 10.7. The molecular formula is C18H14ClNO3. The molecule has 0 bridgehead atoms. The third kappa shape index (κ3) is 4.60. The third-order valence-electron chi connectivity index (χ3n) is 3.05. The van der Waals surface area contributed by atoms with E-state index in [0.717, 1.165) is 5.56 Å². The Morgan fingerprint density at radius 1 is 1.22 bits per heavy atom. The number of rotatable bonds is 5. The highest BCUT2D eigenvalue weighted by Crippen LogP contribution is 2.22. The summed E-state index contributed by atoms with van der Waals surface area (Å²) in [5.74, 6) is -0.112. The maximum Gasteiger partial charge on any atom is 0.348 e. The molecule has 2 aromatic rings. The number of esters is 1. The van der Waals surface area contributed by atoms with Gasteiger partial charge in [-0.1, -0.05) is 41.9 Å². The fourth-order valence-corrected chi connectivity index (χ4v) is 2.00. The first-order valence-electron chi connectivity index (χ1n) is 6.80. The molecule has 2 aromatic carbocycles. The lowest BCUT2D eigenvalue weighted by molar-refractivity contribution is -0.135. The van der Waals surface area contributed by atoms with Crippen LogP contribution in [0.15, 0.2) is 54.1 Å². The van der Waals surface area contributed by atoms with Crippen LogP contribution in [0.3, 0.4) is 0 Å². The van der Waals surface area contributed by atoms with Crippen molar-refractivity contribution in [2.45, 2.75) is 6.61 Å². The second kappa shape index (κ2) is 8.02. The van der Waals surface area contributed by atoms with Crippen LogP contribution >= 0.6 is 11.6 Å². The first-order chi connectivity index (χ1) is 11.1. The monoisotopic (exact) mass is 327 g/mol. The minimum absolute atomic E-state index is 0.0879.